The van der Waals surface area contributed by atoms with Crippen molar-refractivity contribution < 1.29 is 18.4 Å². The molecule has 1 aliphatic heterocycles. The van der Waals surface area contributed by atoms with Crippen LogP contribution in [0.5, 0.6) is 0 Å². The summed E-state index contributed by atoms with van der Waals surface area (Å²) in [4.78, 5) is 29.3. The predicted molar refractivity (Wildman–Crippen MR) is 97.6 cm³/mol. The summed E-state index contributed by atoms with van der Waals surface area (Å²) in [5.41, 5.74) is 0.327. The molecule has 1 aromatic carbocycles. The summed E-state index contributed by atoms with van der Waals surface area (Å²) >= 11 is 7.11. The van der Waals surface area contributed by atoms with Gasteiger partial charge in [-0.25, -0.2) is 13.8 Å². The molecule has 1 aromatic heterocycles. The van der Waals surface area contributed by atoms with E-state index in [9.17, 15) is 18.4 Å². The fourth-order valence-corrected chi connectivity index (χ4v) is 3.94. The van der Waals surface area contributed by atoms with Gasteiger partial charge >= 0.3 is 0 Å². The van der Waals surface area contributed by atoms with Crippen molar-refractivity contribution >= 4 is 68.3 Å². The van der Waals surface area contributed by atoms with E-state index in [1.165, 1.54) is 19.1 Å². The SMILES string of the molecule is CC(=O)N(c1nc(/C=C2\SC(=S)NC2=O)cs1)c1ccc(F)cc1F. The van der Waals surface area contributed by atoms with Gasteiger partial charge in [-0.05, 0) is 18.2 Å². The van der Waals surface area contributed by atoms with Crippen LogP contribution in [0.25, 0.3) is 6.08 Å². The standard InChI is InChI=1S/C15H9F2N3O2S3/c1-7(21)20(11-3-2-8(16)4-10(11)17)14-18-9(6-24-14)5-12-13(22)19-15(23)25-12/h2-6H,1H3,(H,19,22,23)/b12-5-. The second-order valence-corrected chi connectivity index (χ2v) is 7.41. The van der Waals surface area contributed by atoms with Crippen molar-refractivity contribution in [2.24, 2.45) is 0 Å². The summed E-state index contributed by atoms with van der Waals surface area (Å²) in [6.07, 6.45) is 1.53. The van der Waals surface area contributed by atoms with E-state index in [0.717, 1.165) is 34.1 Å². The second kappa shape index (κ2) is 6.98. The number of carbonyl (C=O) groups excluding carboxylic acids is 2. The van der Waals surface area contributed by atoms with Crippen LogP contribution in [-0.2, 0) is 9.59 Å². The van der Waals surface area contributed by atoms with Crippen molar-refractivity contribution in [3.63, 3.8) is 0 Å². The summed E-state index contributed by atoms with van der Waals surface area (Å²) in [6.45, 7) is 1.25. The summed E-state index contributed by atoms with van der Waals surface area (Å²) < 4.78 is 27.5. The minimum Gasteiger partial charge on any atom is -0.307 e. The Balaban J connectivity index is 1.96. The highest BCUT2D eigenvalue weighted by molar-refractivity contribution is 8.26. The highest BCUT2D eigenvalue weighted by Gasteiger charge is 2.24. The van der Waals surface area contributed by atoms with Crippen molar-refractivity contribution in [2.75, 3.05) is 4.90 Å². The first kappa shape index (κ1) is 17.6. The number of nitrogens with zero attached hydrogens (tertiary/aromatic N) is 2. The monoisotopic (exact) mass is 397 g/mol. The molecule has 1 saturated heterocycles. The van der Waals surface area contributed by atoms with Crippen molar-refractivity contribution in [1.82, 2.24) is 10.3 Å². The molecule has 3 rings (SSSR count). The molecule has 0 bridgehead atoms. The van der Waals surface area contributed by atoms with Gasteiger partial charge in [-0.1, -0.05) is 24.0 Å². The third-order valence-corrected chi connectivity index (χ3v) is 5.09. The number of amides is 2. The molecule has 1 N–H and O–H groups in total. The molecule has 128 valence electrons. The highest BCUT2D eigenvalue weighted by Crippen LogP contribution is 2.33. The Bertz CT molecular complexity index is 926. The number of thioether (sulfide) groups is 1. The average Bonchev–Trinajstić information content (AvgIpc) is 3.09. The fraction of sp³-hybridized carbons (Fsp3) is 0.0667. The van der Waals surface area contributed by atoms with E-state index in [1.807, 2.05) is 0 Å². The number of benzene rings is 1. The maximum atomic E-state index is 14.0. The summed E-state index contributed by atoms with van der Waals surface area (Å²) in [7, 11) is 0. The number of thiocarbonyl (C=S) groups is 1. The number of anilines is 2. The van der Waals surface area contributed by atoms with E-state index in [-0.39, 0.29) is 16.7 Å². The van der Waals surface area contributed by atoms with E-state index in [4.69, 9.17) is 12.2 Å². The molecular formula is C15H9F2N3O2S3. The number of aromatic nitrogens is 1. The normalized spacial score (nSPS) is 15.6. The van der Waals surface area contributed by atoms with Crippen LogP contribution >= 0.6 is 35.3 Å². The van der Waals surface area contributed by atoms with Gasteiger partial charge in [-0.2, -0.15) is 0 Å². The van der Waals surface area contributed by atoms with Gasteiger partial charge in [-0.15, -0.1) is 11.3 Å². The number of rotatable bonds is 3. The van der Waals surface area contributed by atoms with Crippen molar-refractivity contribution in [2.45, 2.75) is 6.92 Å². The number of hydrogen-bond acceptors (Lipinski definition) is 6. The topological polar surface area (TPSA) is 62.3 Å². The molecule has 0 unspecified atom stereocenters. The zero-order chi connectivity index (χ0) is 18.1. The minimum absolute atomic E-state index is 0.100. The zero-order valence-electron chi connectivity index (χ0n) is 12.6. The molecule has 0 radical (unpaired) electrons. The van der Waals surface area contributed by atoms with E-state index in [2.05, 4.69) is 10.3 Å². The van der Waals surface area contributed by atoms with Gasteiger partial charge < -0.3 is 5.32 Å². The van der Waals surface area contributed by atoms with Gasteiger partial charge in [-0.3, -0.25) is 14.5 Å². The first-order valence-corrected chi connectivity index (χ1v) is 8.91. The lowest BCUT2D eigenvalue weighted by molar-refractivity contribution is -0.116. The van der Waals surface area contributed by atoms with Crippen LogP contribution in [0.2, 0.25) is 0 Å². The Morgan fingerprint density at radius 3 is 2.76 bits per heavy atom. The van der Waals surface area contributed by atoms with Crippen LogP contribution < -0.4 is 10.2 Å². The van der Waals surface area contributed by atoms with Gasteiger partial charge in [0.1, 0.15) is 16.0 Å². The van der Waals surface area contributed by atoms with Gasteiger partial charge in [0, 0.05) is 18.4 Å². The summed E-state index contributed by atoms with van der Waals surface area (Å²) in [6, 6.07) is 2.93. The number of halogens is 2. The average molecular weight is 397 g/mol. The lowest BCUT2D eigenvalue weighted by Gasteiger charge is -2.18. The van der Waals surface area contributed by atoms with Crippen molar-refractivity contribution in [3.05, 3.63) is 45.8 Å². The Morgan fingerprint density at radius 2 is 2.16 bits per heavy atom. The van der Waals surface area contributed by atoms with Crippen LogP contribution in [0, 0.1) is 11.6 Å². The van der Waals surface area contributed by atoms with Crippen molar-refractivity contribution in [1.29, 1.82) is 0 Å². The molecule has 25 heavy (non-hydrogen) atoms. The Kier molecular flexibility index (Phi) is 4.93. The molecule has 10 heteroatoms. The van der Waals surface area contributed by atoms with Crippen LogP contribution in [0.1, 0.15) is 12.6 Å². The van der Waals surface area contributed by atoms with Crippen molar-refractivity contribution in [3.8, 4) is 0 Å². The highest BCUT2D eigenvalue weighted by atomic mass is 32.2. The molecule has 1 fully saturated rings. The molecule has 2 amide bonds. The van der Waals surface area contributed by atoms with Gasteiger partial charge in [0.2, 0.25) is 5.91 Å². The Morgan fingerprint density at radius 1 is 1.40 bits per heavy atom. The molecule has 1 aliphatic rings. The molecule has 0 spiro atoms. The van der Waals surface area contributed by atoms with E-state index in [1.54, 1.807) is 5.38 Å². The quantitative estimate of drug-likeness (QED) is 0.634. The number of hydrogen-bond donors (Lipinski definition) is 1. The molecule has 5 nitrogen and oxygen atoms in total. The largest absolute Gasteiger partial charge is 0.307 e. The van der Waals surface area contributed by atoms with Gasteiger partial charge in [0.15, 0.2) is 5.13 Å². The maximum Gasteiger partial charge on any atom is 0.263 e. The third kappa shape index (κ3) is 3.75. The molecular weight excluding hydrogens is 388 g/mol. The first-order chi connectivity index (χ1) is 11.8. The van der Waals surface area contributed by atoms with Gasteiger partial charge in [0.05, 0.1) is 16.3 Å². The van der Waals surface area contributed by atoms with E-state index >= 15 is 0 Å². The summed E-state index contributed by atoms with van der Waals surface area (Å²) in [5, 5.41) is 4.31. The minimum atomic E-state index is -0.874. The van der Waals surface area contributed by atoms with Crippen LogP contribution in [0.3, 0.4) is 0 Å². The lowest BCUT2D eigenvalue weighted by Crippen LogP contribution is -2.23. The lowest BCUT2D eigenvalue weighted by atomic mass is 10.2. The maximum absolute atomic E-state index is 14.0. The summed E-state index contributed by atoms with van der Waals surface area (Å²) in [5.74, 6) is -2.42. The van der Waals surface area contributed by atoms with Crippen LogP contribution in [0.15, 0.2) is 28.5 Å². The Labute approximate surface area is 154 Å². The van der Waals surface area contributed by atoms with E-state index in [0.29, 0.717) is 21.0 Å². The zero-order valence-corrected chi connectivity index (χ0v) is 15.0. The molecule has 0 saturated carbocycles. The molecule has 0 aliphatic carbocycles. The second-order valence-electron chi connectivity index (χ2n) is 4.86. The van der Waals surface area contributed by atoms with Crippen LogP contribution in [0.4, 0.5) is 19.6 Å². The fourth-order valence-electron chi connectivity index (χ4n) is 2.07. The predicted octanol–water partition coefficient (Wildman–Crippen LogP) is 3.59. The number of nitrogens with one attached hydrogen (secondary N) is 1. The molecule has 2 heterocycles. The Hall–Kier alpha value is -2.17. The van der Waals surface area contributed by atoms with Crippen LogP contribution in [-0.4, -0.2) is 21.1 Å². The number of carbonyl (C=O) groups is 2. The van der Waals surface area contributed by atoms with Gasteiger partial charge in [0.25, 0.3) is 5.91 Å². The molecule has 0 atom stereocenters. The first-order valence-electron chi connectivity index (χ1n) is 6.81. The molecule has 2 aromatic rings. The smallest absolute Gasteiger partial charge is 0.263 e. The third-order valence-electron chi connectivity index (χ3n) is 3.09. The number of thiazole rings is 1. The van der Waals surface area contributed by atoms with E-state index < -0.39 is 17.5 Å².